The largest absolute Gasteiger partial charge is 0.396 e. The summed E-state index contributed by atoms with van der Waals surface area (Å²) in [5.74, 6) is -0.124. The molecule has 0 unspecified atom stereocenters. The van der Waals surface area contributed by atoms with Crippen LogP contribution in [0.3, 0.4) is 0 Å². The first-order valence-electron chi connectivity index (χ1n) is 5.65. The van der Waals surface area contributed by atoms with Crippen LogP contribution >= 0.6 is 23.2 Å². The van der Waals surface area contributed by atoms with E-state index in [0.29, 0.717) is 16.6 Å². The lowest BCUT2D eigenvalue weighted by molar-refractivity contribution is -0.121. The minimum absolute atomic E-state index is 0.0228. The number of halogens is 2. The smallest absolute Gasteiger partial charge is 0.224 e. The standard InChI is InChI=1S/C13H17Cl2NO2/c1-13(2,8-17)7-16-12(18)5-9-3-4-10(14)6-11(9)15/h3-4,6,17H,5,7-8H2,1-2H3,(H,16,18). The summed E-state index contributed by atoms with van der Waals surface area (Å²) in [6.07, 6.45) is 0.206. The Bertz CT molecular complexity index is 433. The molecule has 0 atom stereocenters. The third-order valence-electron chi connectivity index (χ3n) is 2.56. The summed E-state index contributed by atoms with van der Waals surface area (Å²) in [7, 11) is 0. The van der Waals surface area contributed by atoms with E-state index in [9.17, 15) is 4.79 Å². The van der Waals surface area contributed by atoms with Crippen molar-refractivity contribution in [3.8, 4) is 0 Å². The number of benzene rings is 1. The van der Waals surface area contributed by atoms with Gasteiger partial charge in [-0.15, -0.1) is 0 Å². The van der Waals surface area contributed by atoms with Gasteiger partial charge in [0.2, 0.25) is 5.91 Å². The molecule has 0 saturated carbocycles. The fraction of sp³-hybridized carbons (Fsp3) is 0.462. The quantitative estimate of drug-likeness (QED) is 0.876. The first-order chi connectivity index (χ1) is 8.34. The van der Waals surface area contributed by atoms with E-state index >= 15 is 0 Å². The van der Waals surface area contributed by atoms with E-state index in [-0.39, 0.29) is 24.3 Å². The van der Waals surface area contributed by atoms with Crippen molar-refractivity contribution in [1.82, 2.24) is 5.32 Å². The van der Waals surface area contributed by atoms with Crippen molar-refractivity contribution >= 4 is 29.1 Å². The van der Waals surface area contributed by atoms with E-state index in [4.69, 9.17) is 28.3 Å². The molecule has 0 aliphatic carbocycles. The number of carbonyl (C=O) groups is 1. The third-order valence-corrected chi connectivity index (χ3v) is 3.15. The fourth-order valence-corrected chi connectivity index (χ4v) is 1.77. The van der Waals surface area contributed by atoms with E-state index in [0.717, 1.165) is 5.56 Å². The average molecular weight is 290 g/mol. The summed E-state index contributed by atoms with van der Waals surface area (Å²) in [6.45, 7) is 4.20. The zero-order valence-electron chi connectivity index (χ0n) is 10.5. The number of carbonyl (C=O) groups excluding carboxylic acids is 1. The summed E-state index contributed by atoms with van der Waals surface area (Å²) < 4.78 is 0. The van der Waals surface area contributed by atoms with Gasteiger partial charge in [0.25, 0.3) is 0 Å². The molecule has 1 amide bonds. The molecule has 100 valence electrons. The van der Waals surface area contributed by atoms with Crippen molar-refractivity contribution in [2.24, 2.45) is 5.41 Å². The van der Waals surface area contributed by atoms with Crippen LogP contribution in [0, 0.1) is 5.41 Å². The second-order valence-corrected chi connectivity index (χ2v) is 5.86. The molecule has 0 bridgehead atoms. The minimum atomic E-state index is -0.320. The summed E-state index contributed by atoms with van der Waals surface area (Å²) >= 11 is 11.8. The van der Waals surface area contributed by atoms with E-state index in [1.165, 1.54) is 0 Å². The van der Waals surface area contributed by atoms with Crippen LogP contribution in [-0.4, -0.2) is 24.2 Å². The third kappa shape index (κ3) is 4.84. The molecule has 0 aliphatic heterocycles. The molecule has 0 aliphatic rings. The monoisotopic (exact) mass is 289 g/mol. The van der Waals surface area contributed by atoms with E-state index in [2.05, 4.69) is 5.32 Å². The van der Waals surface area contributed by atoms with Crippen LogP contribution < -0.4 is 5.32 Å². The van der Waals surface area contributed by atoms with Crippen LogP contribution in [-0.2, 0) is 11.2 Å². The normalized spacial score (nSPS) is 11.4. The maximum atomic E-state index is 11.7. The van der Waals surface area contributed by atoms with Crippen LogP contribution in [0.2, 0.25) is 10.0 Å². The molecule has 1 aromatic carbocycles. The predicted octanol–water partition coefficient (Wildman–Crippen LogP) is 2.67. The number of aliphatic hydroxyl groups excluding tert-OH is 1. The first kappa shape index (κ1) is 15.3. The number of nitrogens with one attached hydrogen (secondary N) is 1. The molecule has 5 heteroatoms. The Morgan fingerprint density at radius 1 is 1.39 bits per heavy atom. The molecule has 0 saturated heterocycles. The maximum absolute atomic E-state index is 11.7. The molecule has 0 heterocycles. The van der Waals surface area contributed by atoms with E-state index in [1.807, 2.05) is 13.8 Å². The lowest BCUT2D eigenvalue weighted by Crippen LogP contribution is -2.36. The predicted molar refractivity (Wildman–Crippen MR) is 74.0 cm³/mol. The topological polar surface area (TPSA) is 49.3 Å². The van der Waals surface area contributed by atoms with Crippen LogP contribution in [0.25, 0.3) is 0 Å². The zero-order valence-corrected chi connectivity index (χ0v) is 12.0. The highest BCUT2D eigenvalue weighted by molar-refractivity contribution is 6.35. The van der Waals surface area contributed by atoms with Gasteiger partial charge in [-0.2, -0.15) is 0 Å². The number of hydrogen-bond acceptors (Lipinski definition) is 2. The molecule has 0 aromatic heterocycles. The Morgan fingerprint density at radius 3 is 2.61 bits per heavy atom. The summed E-state index contributed by atoms with van der Waals surface area (Å²) in [6, 6.07) is 5.05. The molecule has 18 heavy (non-hydrogen) atoms. The van der Waals surface area contributed by atoms with Gasteiger partial charge in [0.15, 0.2) is 0 Å². The summed E-state index contributed by atoms with van der Waals surface area (Å²) in [4.78, 5) is 11.7. The van der Waals surface area contributed by atoms with Crippen molar-refractivity contribution in [3.63, 3.8) is 0 Å². The molecular weight excluding hydrogens is 273 g/mol. The van der Waals surface area contributed by atoms with Gasteiger partial charge in [0.05, 0.1) is 6.42 Å². The van der Waals surface area contributed by atoms with Crippen LogP contribution in [0.15, 0.2) is 18.2 Å². The van der Waals surface area contributed by atoms with Gasteiger partial charge in [-0.05, 0) is 17.7 Å². The van der Waals surface area contributed by atoms with Gasteiger partial charge >= 0.3 is 0 Å². The van der Waals surface area contributed by atoms with Crippen molar-refractivity contribution < 1.29 is 9.90 Å². The Morgan fingerprint density at radius 2 is 2.06 bits per heavy atom. The Balaban J connectivity index is 2.55. The highest BCUT2D eigenvalue weighted by Crippen LogP contribution is 2.21. The molecule has 1 rings (SSSR count). The minimum Gasteiger partial charge on any atom is -0.396 e. The van der Waals surface area contributed by atoms with Gasteiger partial charge in [0, 0.05) is 28.6 Å². The number of rotatable bonds is 5. The van der Waals surface area contributed by atoms with Gasteiger partial charge in [-0.1, -0.05) is 43.1 Å². The van der Waals surface area contributed by atoms with Gasteiger partial charge < -0.3 is 10.4 Å². The molecule has 0 radical (unpaired) electrons. The molecule has 3 nitrogen and oxygen atoms in total. The SMILES string of the molecule is CC(C)(CO)CNC(=O)Cc1ccc(Cl)cc1Cl. The van der Waals surface area contributed by atoms with Crippen LogP contribution in [0.1, 0.15) is 19.4 Å². The number of amides is 1. The summed E-state index contributed by atoms with van der Waals surface area (Å²) in [5.41, 5.74) is 0.416. The fourth-order valence-electron chi connectivity index (χ4n) is 1.29. The Kier molecular flexibility index (Phi) is 5.45. The van der Waals surface area contributed by atoms with Crippen molar-refractivity contribution in [3.05, 3.63) is 33.8 Å². The van der Waals surface area contributed by atoms with Crippen LogP contribution in [0.4, 0.5) is 0 Å². The molecule has 2 N–H and O–H groups in total. The lowest BCUT2D eigenvalue weighted by Gasteiger charge is -2.21. The number of hydrogen-bond donors (Lipinski definition) is 2. The highest BCUT2D eigenvalue weighted by Gasteiger charge is 2.17. The second kappa shape index (κ2) is 6.41. The van der Waals surface area contributed by atoms with Gasteiger partial charge in [-0.3, -0.25) is 4.79 Å². The molecule has 0 spiro atoms. The van der Waals surface area contributed by atoms with Crippen molar-refractivity contribution in [2.45, 2.75) is 20.3 Å². The molecule has 1 aromatic rings. The van der Waals surface area contributed by atoms with Gasteiger partial charge in [0.1, 0.15) is 0 Å². The Labute approximate surface area is 117 Å². The number of aliphatic hydroxyl groups is 1. The Hall–Kier alpha value is -0.770. The lowest BCUT2D eigenvalue weighted by atomic mass is 9.95. The van der Waals surface area contributed by atoms with Gasteiger partial charge in [-0.25, -0.2) is 0 Å². The molecular formula is C13H17Cl2NO2. The van der Waals surface area contributed by atoms with Crippen molar-refractivity contribution in [1.29, 1.82) is 0 Å². The summed E-state index contributed by atoms with van der Waals surface area (Å²) in [5, 5.41) is 12.9. The van der Waals surface area contributed by atoms with E-state index in [1.54, 1.807) is 18.2 Å². The zero-order chi connectivity index (χ0) is 13.8. The highest BCUT2D eigenvalue weighted by atomic mass is 35.5. The maximum Gasteiger partial charge on any atom is 0.224 e. The van der Waals surface area contributed by atoms with Crippen molar-refractivity contribution in [2.75, 3.05) is 13.2 Å². The second-order valence-electron chi connectivity index (χ2n) is 5.01. The van der Waals surface area contributed by atoms with Crippen LogP contribution in [0.5, 0.6) is 0 Å². The molecule has 0 fully saturated rings. The average Bonchev–Trinajstić information content (AvgIpc) is 2.30. The van der Waals surface area contributed by atoms with E-state index < -0.39 is 0 Å². The first-order valence-corrected chi connectivity index (χ1v) is 6.41.